The van der Waals surface area contributed by atoms with Crippen LogP contribution in [0.15, 0.2) is 41.9 Å². The first-order valence-electron chi connectivity index (χ1n) is 8.97. The molecule has 0 unspecified atom stereocenters. The van der Waals surface area contributed by atoms with Crippen molar-refractivity contribution in [3.8, 4) is 11.8 Å². The van der Waals surface area contributed by atoms with Gasteiger partial charge in [0.2, 0.25) is 10.0 Å². The molecule has 0 fully saturated rings. The number of anilines is 1. The number of nitrogens with one attached hydrogen (secondary N) is 2. The van der Waals surface area contributed by atoms with E-state index in [9.17, 15) is 18.5 Å². The van der Waals surface area contributed by atoms with Gasteiger partial charge in [0.15, 0.2) is 11.4 Å². The molecular formula is C20H22N4O4S. The first-order valence-corrected chi connectivity index (χ1v) is 10.5. The average Bonchev–Trinajstić information content (AvgIpc) is 2.96. The zero-order valence-electron chi connectivity index (χ0n) is 16.4. The second kappa shape index (κ2) is 7.73. The quantitative estimate of drug-likeness (QED) is 0.746. The molecule has 29 heavy (non-hydrogen) atoms. The second-order valence-electron chi connectivity index (χ2n) is 7.01. The largest absolute Gasteiger partial charge is 0.488 e. The van der Waals surface area contributed by atoms with Crippen LogP contribution in [0.3, 0.4) is 0 Å². The van der Waals surface area contributed by atoms with Crippen LogP contribution in [0, 0.1) is 24.2 Å². The van der Waals surface area contributed by atoms with Crippen LogP contribution >= 0.6 is 0 Å². The highest BCUT2D eigenvalue weighted by atomic mass is 32.2. The maximum atomic E-state index is 12.9. The van der Waals surface area contributed by atoms with E-state index < -0.39 is 22.0 Å². The predicted octanol–water partition coefficient (Wildman–Crippen LogP) is 2.32. The van der Waals surface area contributed by atoms with E-state index in [1.165, 1.54) is 10.8 Å². The summed E-state index contributed by atoms with van der Waals surface area (Å²) in [4.78, 5) is 12.8. The van der Waals surface area contributed by atoms with Crippen molar-refractivity contribution in [2.45, 2.75) is 24.8 Å². The molecule has 0 radical (unpaired) electrons. The van der Waals surface area contributed by atoms with E-state index in [2.05, 4.69) is 22.7 Å². The Hall–Kier alpha value is -3.09. The van der Waals surface area contributed by atoms with Gasteiger partial charge in [-0.25, -0.2) is 13.1 Å². The number of rotatable bonds is 4. The van der Waals surface area contributed by atoms with Crippen LogP contribution in [-0.2, 0) is 17.1 Å². The Morgan fingerprint density at radius 1 is 1.52 bits per heavy atom. The molecule has 2 heterocycles. The smallest absolute Gasteiger partial charge is 0.276 e. The van der Waals surface area contributed by atoms with Crippen molar-refractivity contribution in [1.82, 2.24) is 9.29 Å². The number of hydrogen-bond donors (Lipinski definition) is 2. The zero-order chi connectivity index (χ0) is 21.3. The molecule has 9 heteroatoms. The van der Waals surface area contributed by atoms with E-state index in [-0.39, 0.29) is 28.9 Å². The third-order valence-corrected chi connectivity index (χ3v) is 6.43. The topological polar surface area (TPSA) is 113 Å². The van der Waals surface area contributed by atoms with Crippen LogP contribution in [0.2, 0.25) is 0 Å². The fraction of sp³-hybridized carbons (Fsp3) is 0.300. The molecule has 0 saturated carbocycles. The van der Waals surface area contributed by atoms with E-state index in [4.69, 9.17) is 4.74 Å². The summed E-state index contributed by atoms with van der Waals surface area (Å²) >= 11 is 0. The monoisotopic (exact) mass is 414 g/mol. The van der Waals surface area contributed by atoms with Gasteiger partial charge in [-0.1, -0.05) is 19.1 Å². The molecule has 1 aromatic heterocycles. The summed E-state index contributed by atoms with van der Waals surface area (Å²) in [6, 6.07) is 6.54. The van der Waals surface area contributed by atoms with Crippen molar-refractivity contribution < 1.29 is 17.9 Å². The van der Waals surface area contributed by atoms with Crippen LogP contribution < -0.4 is 14.8 Å². The minimum absolute atomic E-state index is 0.00359. The second-order valence-corrected chi connectivity index (χ2v) is 8.69. The van der Waals surface area contributed by atoms with Crippen molar-refractivity contribution in [1.29, 1.82) is 5.26 Å². The maximum absolute atomic E-state index is 12.9. The molecule has 1 aliphatic rings. The lowest BCUT2D eigenvalue weighted by Crippen LogP contribution is -2.41. The van der Waals surface area contributed by atoms with Crippen molar-refractivity contribution in [3.05, 3.63) is 53.9 Å². The van der Waals surface area contributed by atoms with Crippen LogP contribution in [-0.4, -0.2) is 31.5 Å². The standard InChI is InChI=1S/C20H22N4O4S/c1-5-12(2)16-11-28-19-17(29(26,27)23-16)10-24(4)18(19)20(25)22-15-7-6-13(3)14(8-15)9-21/h5-8,10,12,16,23H,1,11H2,2-4H3,(H,22,25)/t12-,16+/m1/s1. The minimum Gasteiger partial charge on any atom is -0.488 e. The Morgan fingerprint density at radius 2 is 2.24 bits per heavy atom. The Balaban J connectivity index is 1.97. The summed E-state index contributed by atoms with van der Waals surface area (Å²) in [6.45, 7) is 7.39. The highest BCUT2D eigenvalue weighted by Crippen LogP contribution is 2.33. The molecule has 2 atom stereocenters. The number of hydrogen-bond acceptors (Lipinski definition) is 5. The van der Waals surface area contributed by atoms with Gasteiger partial charge in [0, 0.05) is 18.9 Å². The molecule has 1 amide bonds. The van der Waals surface area contributed by atoms with Gasteiger partial charge in [-0.2, -0.15) is 5.26 Å². The molecule has 2 aromatic rings. The predicted molar refractivity (Wildman–Crippen MR) is 108 cm³/mol. The van der Waals surface area contributed by atoms with E-state index in [0.29, 0.717) is 11.3 Å². The number of carbonyl (C=O) groups excluding carboxylic acids is 1. The normalized spacial score (nSPS) is 18.5. The summed E-state index contributed by atoms with van der Waals surface area (Å²) in [5.41, 5.74) is 1.75. The summed E-state index contributed by atoms with van der Waals surface area (Å²) in [7, 11) is -2.30. The number of fused-ring (bicyclic) bond motifs is 1. The van der Waals surface area contributed by atoms with E-state index in [1.807, 2.05) is 6.92 Å². The summed E-state index contributed by atoms with van der Waals surface area (Å²) in [5.74, 6) is -0.687. The highest BCUT2D eigenvalue weighted by molar-refractivity contribution is 7.89. The number of benzene rings is 1. The van der Waals surface area contributed by atoms with Crippen LogP contribution in [0.4, 0.5) is 5.69 Å². The first-order chi connectivity index (χ1) is 13.7. The Kier molecular flexibility index (Phi) is 5.50. The molecule has 2 N–H and O–H groups in total. The van der Waals surface area contributed by atoms with Crippen LogP contribution in [0.5, 0.6) is 5.75 Å². The van der Waals surface area contributed by atoms with Gasteiger partial charge in [0.05, 0.1) is 17.7 Å². The number of carbonyl (C=O) groups is 1. The van der Waals surface area contributed by atoms with Crippen molar-refractivity contribution in [2.24, 2.45) is 13.0 Å². The number of nitrogens with zero attached hydrogens (tertiary/aromatic N) is 2. The molecule has 1 aliphatic heterocycles. The van der Waals surface area contributed by atoms with Gasteiger partial charge in [-0.3, -0.25) is 4.79 Å². The van der Waals surface area contributed by atoms with Gasteiger partial charge in [0.25, 0.3) is 5.91 Å². The third-order valence-electron chi connectivity index (χ3n) is 4.94. The Bertz CT molecular complexity index is 1130. The maximum Gasteiger partial charge on any atom is 0.276 e. The first kappa shape index (κ1) is 20.6. The van der Waals surface area contributed by atoms with Gasteiger partial charge >= 0.3 is 0 Å². The number of amides is 1. The van der Waals surface area contributed by atoms with E-state index in [0.717, 1.165) is 5.56 Å². The lowest BCUT2D eigenvalue weighted by molar-refractivity contribution is 0.101. The number of nitriles is 1. The highest BCUT2D eigenvalue weighted by Gasteiger charge is 2.35. The van der Waals surface area contributed by atoms with Gasteiger partial charge in [-0.15, -0.1) is 6.58 Å². The van der Waals surface area contributed by atoms with Crippen molar-refractivity contribution in [2.75, 3.05) is 11.9 Å². The molecule has 3 rings (SSSR count). The summed E-state index contributed by atoms with van der Waals surface area (Å²) in [5, 5.41) is 11.9. The summed E-state index contributed by atoms with van der Waals surface area (Å²) < 4.78 is 35.4. The fourth-order valence-corrected chi connectivity index (χ4v) is 4.58. The number of aryl methyl sites for hydroxylation is 2. The van der Waals surface area contributed by atoms with Crippen LogP contribution in [0.25, 0.3) is 0 Å². The molecular weight excluding hydrogens is 392 g/mol. The minimum atomic E-state index is -3.87. The van der Waals surface area contributed by atoms with E-state index in [1.54, 1.807) is 38.2 Å². The molecule has 152 valence electrons. The van der Waals surface area contributed by atoms with Crippen molar-refractivity contribution >= 4 is 21.6 Å². The van der Waals surface area contributed by atoms with E-state index >= 15 is 0 Å². The third kappa shape index (κ3) is 3.90. The lowest BCUT2D eigenvalue weighted by Gasteiger charge is -2.19. The van der Waals surface area contributed by atoms with Gasteiger partial charge in [0.1, 0.15) is 11.5 Å². The lowest BCUT2D eigenvalue weighted by atomic mass is 10.0. The fourth-order valence-electron chi connectivity index (χ4n) is 3.07. The molecule has 0 spiro atoms. The van der Waals surface area contributed by atoms with Crippen LogP contribution in [0.1, 0.15) is 28.5 Å². The molecule has 0 bridgehead atoms. The molecule has 0 saturated heterocycles. The Morgan fingerprint density at radius 3 is 2.90 bits per heavy atom. The Labute approximate surface area is 169 Å². The molecule has 8 nitrogen and oxygen atoms in total. The number of ether oxygens (including phenoxy) is 1. The van der Waals surface area contributed by atoms with Gasteiger partial charge in [-0.05, 0) is 30.5 Å². The SMILES string of the molecule is C=C[C@@H](C)[C@@H]1COc2c(cn(C)c2C(=O)Nc2ccc(C)c(C#N)c2)S(=O)(=O)N1. The molecule has 0 aliphatic carbocycles. The zero-order valence-corrected chi connectivity index (χ0v) is 17.2. The van der Waals surface area contributed by atoms with Crippen molar-refractivity contribution in [3.63, 3.8) is 0 Å². The summed E-state index contributed by atoms with van der Waals surface area (Å²) in [6.07, 6.45) is 2.99. The number of aromatic nitrogens is 1. The van der Waals surface area contributed by atoms with Gasteiger partial charge < -0.3 is 14.6 Å². The number of sulfonamides is 1. The average molecular weight is 414 g/mol. The molecule has 1 aromatic carbocycles.